The van der Waals surface area contributed by atoms with E-state index < -0.39 is 15.7 Å². The monoisotopic (exact) mass is 285 g/mol. The van der Waals surface area contributed by atoms with Crippen LogP contribution >= 0.6 is 0 Å². The van der Waals surface area contributed by atoms with Crippen LogP contribution < -0.4 is 11.5 Å². The van der Waals surface area contributed by atoms with Crippen LogP contribution in [0.1, 0.15) is 5.56 Å². The van der Waals surface area contributed by atoms with E-state index in [0.29, 0.717) is 6.54 Å². The van der Waals surface area contributed by atoms with E-state index in [0.717, 1.165) is 5.56 Å². The minimum Gasteiger partial charge on any atom is -0.369 e. The molecule has 0 fully saturated rings. The van der Waals surface area contributed by atoms with Crippen molar-refractivity contribution in [3.05, 3.63) is 29.8 Å². The largest absolute Gasteiger partial charge is 0.369 e. The van der Waals surface area contributed by atoms with Gasteiger partial charge in [-0.05, 0) is 24.7 Å². The van der Waals surface area contributed by atoms with E-state index in [1.54, 1.807) is 36.2 Å². The minimum atomic E-state index is -3.37. The Labute approximate surface area is 113 Å². The lowest BCUT2D eigenvalue weighted by Crippen LogP contribution is -2.34. The molecule has 0 aliphatic rings. The van der Waals surface area contributed by atoms with E-state index >= 15 is 0 Å². The number of hydrogen-bond donors (Lipinski definition) is 2. The van der Waals surface area contributed by atoms with E-state index in [-0.39, 0.29) is 23.7 Å². The molecule has 1 aromatic rings. The van der Waals surface area contributed by atoms with E-state index in [1.807, 2.05) is 0 Å². The Morgan fingerprint density at radius 1 is 1.37 bits per heavy atom. The minimum absolute atomic E-state index is 0.0400. The summed E-state index contributed by atoms with van der Waals surface area (Å²) in [5, 5.41) is 0. The zero-order valence-corrected chi connectivity index (χ0v) is 11.7. The molecule has 0 spiro atoms. The molecule has 4 N–H and O–H groups in total. The normalized spacial score (nSPS) is 11.7. The van der Waals surface area contributed by atoms with Crippen LogP contribution in [0, 0.1) is 0 Å². The van der Waals surface area contributed by atoms with Gasteiger partial charge in [0, 0.05) is 13.1 Å². The predicted molar refractivity (Wildman–Crippen MR) is 73.1 cm³/mol. The maximum Gasteiger partial charge on any atom is 0.231 e. The molecule has 7 heteroatoms. The Bertz CT molecular complexity index is 543. The molecule has 106 valence electrons. The van der Waals surface area contributed by atoms with Crippen molar-refractivity contribution in [3.63, 3.8) is 0 Å². The number of amides is 1. The zero-order valence-electron chi connectivity index (χ0n) is 10.9. The quantitative estimate of drug-likeness (QED) is 0.691. The van der Waals surface area contributed by atoms with E-state index in [1.165, 1.54) is 0 Å². The van der Waals surface area contributed by atoms with Gasteiger partial charge in [-0.1, -0.05) is 12.1 Å². The molecule has 19 heavy (non-hydrogen) atoms. The van der Waals surface area contributed by atoms with Crippen molar-refractivity contribution < 1.29 is 13.2 Å². The summed E-state index contributed by atoms with van der Waals surface area (Å²) in [4.78, 5) is 12.5. The van der Waals surface area contributed by atoms with Gasteiger partial charge in [0.1, 0.15) is 0 Å². The predicted octanol–water partition coefficient (Wildman–Crippen LogP) is -0.664. The highest BCUT2D eigenvalue weighted by atomic mass is 32.2. The van der Waals surface area contributed by atoms with Gasteiger partial charge in [0.05, 0.1) is 17.2 Å². The van der Waals surface area contributed by atoms with Crippen molar-refractivity contribution in [2.45, 2.75) is 11.4 Å². The van der Waals surface area contributed by atoms with Crippen molar-refractivity contribution in [1.29, 1.82) is 0 Å². The first-order chi connectivity index (χ1) is 8.85. The number of likely N-dealkylation sites (N-methyl/N-ethyl adjacent to an activating group) is 1. The van der Waals surface area contributed by atoms with Gasteiger partial charge in [0.2, 0.25) is 5.91 Å². The lowest BCUT2D eigenvalue weighted by atomic mass is 10.2. The molecule has 0 aromatic heterocycles. The van der Waals surface area contributed by atoms with Gasteiger partial charge in [-0.25, -0.2) is 8.42 Å². The van der Waals surface area contributed by atoms with Crippen LogP contribution in [-0.4, -0.2) is 45.1 Å². The molecule has 1 rings (SSSR count). The molecule has 1 amide bonds. The molecule has 0 heterocycles. The van der Waals surface area contributed by atoms with Crippen molar-refractivity contribution >= 4 is 15.7 Å². The first kappa shape index (κ1) is 15.6. The van der Waals surface area contributed by atoms with Crippen molar-refractivity contribution in [1.82, 2.24) is 4.90 Å². The van der Waals surface area contributed by atoms with Crippen LogP contribution in [0.2, 0.25) is 0 Å². The molecule has 6 nitrogen and oxygen atoms in total. The summed E-state index contributed by atoms with van der Waals surface area (Å²) in [7, 11) is -1.72. The summed E-state index contributed by atoms with van der Waals surface area (Å²) < 4.78 is 24.2. The Morgan fingerprint density at radius 2 is 2.05 bits per heavy atom. The Hall–Kier alpha value is -1.44. The maximum atomic E-state index is 12.1. The van der Waals surface area contributed by atoms with Gasteiger partial charge in [-0.15, -0.1) is 0 Å². The summed E-state index contributed by atoms with van der Waals surface area (Å²) in [5.41, 5.74) is 11.3. The third kappa shape index (κ3) is 4.98. The molecular formula is C12H19N3O3S. The number of primary amides is 1. The number of carbonyl (C=O) groups excluding carboxylic acids is 1. The van der Waals surface area contributed by atoms with Gasteiger partial charge in [-0.2, -0.15) is 0 Å². The summed E-state index contributed by atoms with van der Waals surface area (Å²) in [6.45, 7) is 0.585. The van der Waals surface area contributed by atoms with E-state index in [4.69, 9.17) is 11.5 Å². The molecule has 0 saturated carbocycles. The second kappa shape index (κ2) is 6.65. The molecule has 0 radical (unpaired) electrons. The molecular weight excluding hydrogens is 266 g/mol. The fourth-order valence-corrected chi connectivity index (χ4v) is 3.01. The summed E-state index contributed by atoms with van der Waals surface area (Å²) in [6.07, 6.45) is 0. The number of benzene rings is 1. The third-order valence-electron chi connectivity index (χ3n) is 2.66. The number of sulfone groups is 1. The van der Waals surface area contributed by atoms with E-state index in [2.05, 4.69) is 0 Å². The average Bonchev–Trinajstić information content (AvgIpc) is 2.36. The van der Waals surface area contributed by atoms with Crippen LogP contribution in [0.15, 0.2) is 29.2 Å². The number of nitrogens with zero attached hydrogens (tertiary/aromatic N) is 1. The van der Waals surface area contributed by atoms with Crippen LogP contribution in [-0.2, 0) is 21.2 Å². The molecule has 0 saturated heterocycles. The highest BCUT2D eigenvalue weighted by Crippen LogP contribution is 2.13. The molecule has 1 aromatic carbocycles. The molecule has 0 unspecified atom stereocenters. The number of nitrogens with two attached hydrogens (primary N) is 2. The van der Waals surface area contributed by atoms with Crippen LogP contribution in [0.5, 0.6) is 0 Å². The van der Waals surface area contributed by atoms with Crippen molar-refractivity contribution in [2.24, 2.45) is 11.5 Å². The van der Waals surface area contributed by atoms with Gasteiger partial charge >= 0.3 is 0 Å². The third-order valence-corrected chi connectivity index (χ3v) is 4.35. The fraction of sp³-hybridized carbons (Fsp3) is 0.417. The lowest BCUT2D eigenvalue weighted by molar-refractivity contribution is -0.118. The summed E-state index contributed by atoms with van der Waals surface area (Å²) in [5.74, 6) is -0.546. The molecule has 0 aliphatic carbocycles. The van der Waals surface area contributed by atoms with E-state index in [9.17, 15) is 13.2 Å². The lowest BCUT2D eigenvalue weighted by Gasteiger charge is -2.14. The fourth-order valence-electron chi connectivity index (χ4n) is 1.60. The maximum absolute atomic E-state index is 12.1. The van der Waals surface area contributed by atoms with Crippen molar-refractivity contribution in [2.75, 3.05) is 25.9 Å². The SMILES string of the molecule is CN(CCS(=O)(=O)c1cccc(CN)c1)CC(N)=O. The Kier molecular flexibility index (Phi) is 5.46. The standard InChI is InChI=1S/C12H19N3O3S/c1-15(9-12(14)16)5-6-19(17,18)11-4-2-3-10(7-11)8-13/h2-4,7H,5-6,8-9,13H2,1H3,(H2,14,16). The van der Waals surface area contributed by atoms with Crippen LogP contribution in [0.3, 0.4) is 0 Å². The van der Waals surface area contributed by atoms with Gasteiger partial charge in [0.25, 0.3) is 0 Å². The van der Waals surface area contributed by atoms with Gasteiger partial charge in [0.15, 0.2) is 9.84 Å². The van der Waals surface area contributed by atoms with Crippen LogP contribution in [0.4, 0.5) is 0 Å². The number of hydrogen-bond acceptors (Lipinski definition) is 5. The average molecular weight is 285 g/mol. The van der Waals surface area contributed by atoms with Gasteiger partial charge < -0.3 is 11.5 Å². The van der Waals surface area contributed by atoms with Crippen LogP contribution in [0.25, 0.3) is 0 Å². The topological polar surface area (TPSA) is 106 Å². The summed E-state index contributed by atoms with van der Waals surface area (Å²) >= 11 is 0. The summed E-state index contributed by atoms with van der Waals surface area (Å²) in [6, 6.07) is 6.56. The Balaban J connectivity index is 2.72. The number of rotatable bonds is 7. The first-order valence-electron chi connectivity index (χ1n) is 5.84. The molecule has 0 bridgehead atoms. The Morgan fingerprint density at radius 3 is 2.63 bits per heavy atom. The highest BCUT2D eigenvalue weighted by Gasteiger charge is 2.16. The molecule has 0 atom stereocenters. The second-order valence-corrected chi connectivity index (χ2v) is 6.48. The first-order valence-corrected chi connectivity index (χ1v) is 7.49. The smallest absolute Gasteiger partial charge is 0.231 e. The zero-order chi connectivity index (χ0) is 14.5. The van der Waals surface area contributed by atoms with Crippen molar-refractivity contribution in [3.8, 4) is 0 Å². The molecule has 0 aliphatic heterocycles. The second-order valence-electron chi connectivity index (χ2n) is 4.37. The van der Waals surface area contributed by atoms with Gasteiger partial charge in [-0.3, -0.25) is 9.69 Å². The highest BCUT2D eigenvalue weighted by molar-refractivity contribution is 7.91. The number of carbonyl (C=O) groups is 1.